The van der Waals surface area contributed by atoms with Crippen molar-refractivity contribution in [1.82, 2.24) is 35.1 Å². The highest BCUT2D eigenvalue weighted by Crippen LogP contribution is 2.28. The lowest BCUT2D eigenvalue weighted by Gasteiger charge is -2.28. The van der Waals surface area contributed by atoms with Crippen LogP contribution in [0.5, 0.6) is 0 Å². The molecule has 0 unspecified atom stereocenters. The van der Waals surface area contributed by atoms with Crippen molar-refractivity contribution in [3.63, 3.8) is 0 Å². The molecule has 0 heterocycles. The summed E-state index contributed by atoms with van der Waals surface area (Å²) >= 11 is 0. The fraction of sp³-hybridized carbons (Fsp3) is 0.612. The molecule has 128 heavy (non-hydrogen) atoms. The van der Waals surface area contributed by atoms with Crippen LogP contribution in [0.15, 0.2) is 91.0 Å². The van der Waals surface area contributed by atoms with E-state index in [1.165, 1.54) is 12.1 Å². The third-order valence-electron chi connectivity index (χ3n) is 17.7. The highest BCUT2D eigenvalue weighted by molar-refractivity contribution is 6.03. The number of nitrogens with zero attached hydrogens (tertiary/aromatic N) is 5. The van der Waals surface area contributed by atoms with Crippen LogP contribution >= 0.6 is 0 Å². The number of aromatic carboxylic acids is 2. The molecule has 0 saturated heterocycles. The first-order chi connectivity index (χ1) is 57.7. The molecule has 0 fully saturated rings. The molecular weight excluding hydrogens is 1620 g/mol. The number of carbonyl (C=O) groups is 10. The van der Waals surface area contributed by atoms with Crippen LogP contribution in [0.25, 0.3) is 0 Å². The van der Waals surface area contributed by atoms with Crippen molar-refractivity contribution < 1.29 is 81.8 Å². The molecule has 6 N–H and O–H groups in total. The van der Waals surface area contributed by atoms with Gasteiger partial charge in [-0.05, 0) is 269 Å². The second kappa shape index (κ2) is 48.5. The molecule has 718 valence electrons. The second-order valence-electron chi connectivity index (χ2n) is 45.4. The lowest BCUT2D eigenvalue weighted by Crippen LogP contribution is -2.36. The number of rotatable bonds is 28. The molecule has 0 saturated carbocycles. The fourth-order valence-corrected chi connectivity index (χ4v) is 12.2. The van der Waals surface area contributed by atoms with E-state index in [1.807, 2.05) is 151 Å². The first-order valence-electron chi connectivity index (χ1n) is 44.2. The number of ether oxygens (including phenoxy) is 5. The van der Waals surface area contributed by atoms with E-state index < -0.39 is 17.8 Å². The maximum absolute atomic E-state index is 13.1. The van der Waals surface area contributed by atoms with E-state index in [-0.39, 0.29) is 126 Å². The maximum atomic E-state index is 13.1. The predicted octanol–water partition coefficient (Wildman–Crippen LogP) is 20.0. The van der Waals surface area contributed by atoms with Crippen molar-refractivity contribution in [3.05, 3.63) is 174 Å². The van der Waals surface area contributed by atoms with Gasteiger partial charge < -0.3 is 74.8 Å². The summed E-state index contributed by atoms with van der Waals surface area (Å²) in [5.74, 6) is -3.69. The minimum atomic E-state index is -1.06. The molecular formula is C103H164N8O17. The van der Waals surface area contributed by atoms with Crippen LogP contribution in [0.2, 0.25) is 0 Å². The molecule has 0 aromatic heterocycles. The van der Waals surface area contributed by atoms with Crippen LogP contribution in [0.4, 0.5) is 0 Å². The first-order valence-corrected chi connectivity index (χ1v) is 44.2. The van der Waals surface area contributed by atoms with Gasteiger partial charge in [0.15, 0.2) is 0 Å². The number of carbonyl (C=O) groups excluding carboxylic acids is 8. The highest BCUT2D eigenvalue weighted by Gasteiger charge is 2.29. The van der Waals surface area contributed by atoms with Gasteiger partial charge in [0.1, 0.15) is 0 Å². The van der Waals surface area contributed by atoms with Crippen molar-refractivity contribution in [2.24, 2.45) is 38.2 Å². The van der Waals surface area contributed by atoms with E-state index in [0.29, 0.717) is 128 Å². The topological polar surface area (TPSA) is 324 Å². The number of nitrogens with two attached hydrogens (primary N) is 1. The van der Waals surface area contributed by atoms with Crippen LogP contribution < -0.4 is 16.4 Å². The Kier molecular flexibility index (Phi) is 44.2. The SMILES string of the molecule is CC(C)(C)CNC(=O)c1cc(COC(C)(C)C)cc(C(=O)NCC(C)(C)C)c1.CCN(CC)C(=O)c1cc(COC(C)(C)C)cc(C(=O)O)c1.CN(CC(C)(C)C)C(=O)c1cc(COC(C)(C)C)cc(C(=O)N(C)CC(C)(C)C)c1.CN(CC(C)(C)C)C(=O)c1cc(COC(C)(C)C)cc(C(=O)O)c1.CN(CC(C)(C)C)C(=O)c1cc(COC(C)(C)C)cc(C(N)=O)c1. The summed E-state index contributed by atoms with van der Waals surface area (Å²) in [5, 5.41) is 24.4. The van der Waals surface area contributed by atoms with E-state index >= 15 is 0 Å². The van der Waals surface area contributed by atoms with Crippen LogP contribution in [-0.4, -0.2) is 202 Å². The normalized spacial score (nSPS) is 12.2. The largest absolute Gasteiger partial charge is 0.478 e. The van der Waals surface area contributed by atoms with Gasteiger partial charge in [0, 0.05) is 125 Å². The van der Waals surface area contributed by atoms with Crippen LogP contribution in [0.3, 0.4) is 0 Å². The number of hydrogen-bond acceptors (Lipinski definition) is 15. The van der Waals surface area contributed by atoms with Crippen LogP contribution in [-0.2, 0) is 56.7 Å². The Labute approximate surface area is 768 Å². The zero-order chi connectivity index (χ0) is 99.6. The number of carboxylic acid groups (broad SMARTS) is 2. The zero-order valence-electron chi connectivity index (χ0n) is 85.7. The Morgan fingerprint density at radius 3 is 0.641 bits per heavy atom. The number of hydrogen-bond donors (Lipinski definition) is 5. The van der Waals surface area contributed by atoms with Gasteiger partial charge in [-0.2, -0.15) is 0 Å². The summed E-state index contributed by atoms with van der Waals surface area (Å²) in [6.07, 6.45) is 0. The van der Waals surface area contributed by atoms with Gasteiger partial charge >= 0.3 is 11.9 Å². The molecule has 0 atom stereocenters. The van der Waals surface area contributed by atoms with E-state index in [4.69, 9.17) is 29.4 Å². The molecule has 0 spiro atoms. The Hall–Kier alpha value is -9.40. The quantitative estimate of drug-likeness (QED) is 0.0311. The van der Waals surface area contributed by atoms with Gasteiger partial charge in [0.05, 0.1) is 72.2 Å². The number of benzene rings is 5. The smallest absolute Gasteiger partial charge is 0.335 e. The number of nitrogens with one attached hydrogen (secondary N) is 2. The third-order valence-corrected chi connectivity index (χ3v) is 17.7. The monoisotopic (exact) mass is 1790 g/mol. The summed E-state index contributed by atoms with van der Waals surface area (Å²) in [6, 6.07) is 25.0. The van der Waals surface area contributed by atoms with Crippen molar-refractivity contribution in [2.45, 2.75) is 303 Å². The van der Waals surface area contributed by atoms with E-state index in [0.717, 1.165) is 16.7 Å². The molecule has 5 aromatic carbocycles. The van der Waals surface area contributed by atoms with Gasteiger partial charge in [-0.3, -0.25) is 38.4 Å². The van der Waals surface area contributed by atoms with E-state index in [9.17, 15) is 58.2 Å². The Morgan fingerprint density at radius 1 is 0.273 bits per heavy atom. The Morgan fingerprint density at radius 2 is 0.453 bits per heavy atom. The van der Waals surface area contributed by atoms with Gasteiger partial charge in [-0.15, -0.1) is 0 Å². The van der Waals surface area contributed by atoms with Crippen molar-refractivity contribution >= 4 is 59.2 Å². The number of carboxylic acids is 2. The van der Waals surface area contributed by atoms with E-state index in [2.05, 4.69) is 114 Å². The summed E-state index contributed by atoms with van der Waals surface area (Å²) in [4.78, 5) is 132. The van der Waals surface area contributed by atoms with Crippen LogP contribution in [0, 0.1) is 32.5 Å². The zero-order valence-corrected chi connectivity index (χ0v) is 85.7. The Balaban J connectivity index is 0.000000803. The van der Waals surface area contributed by atoms with Gasteiger partial charge in [-0.25, -0.2) is 9.59 Å². The molecule has 0 bridgehead atoms. The molecule has 0 aliphatic carbocycles. The van der Waals surface area contributed by atoms with Crippen molar-refractivity contribution in [2.75, 3.05) is 80.5 Å². The summed E-state index contributed by atoms with van der Waals surface area (Å²) in [5.41, 5.74) is 11.2. The summed E-state index contributed by atoms with van der Waals surface area (Å²) in [6.45, 7) is 76.7. The average Bonchev–Trinajstić information content (AvgIpc) is 0.660. The van der Waals surface area contributed by atoms with Crippen molar-refractivity contribution in [1.29, 1.82) is 0 Å². The number of amides is 8. The predicted molar refractivity (Wildman–Crippen MR) is 514 cm³/mol. The van der Waals surface area contributed by atoms with Crippen LogP contribution in [0.1, 0.15) is 374 Å². The molecule has 5 rings (SSSR count). The molecule has 0 aliphatic rings. The summed E-state index contributed by atoms with van der Waals surface area (Å²) in [7, 11) is 7.10. The minimum absolute atomic E-state index is 0.0100. The van der Waals surface area contributed by atoms with Gasteiger partial charge in [0.25, 0.3) is 41.4 Å². The number of primary amides is 1. The first kappa shape index (κ1) is 117. The molecule has 0 aliphatic heterocycles. The van der Waals surface area contributed by atoms with Crippen molar-refractivity contribution in [3.8, 4) is 0 Å². The lowest BCUT2D eigenvalue weighted by molar-refractivity contribution is -0.0153. The van der Waals surface area contributed by atoms with Gasteiger partial charge in [0.2, 0.25) is 5.91 Å². The molecule has 25 nitrogen and oxygen atoms in total. The standard InChI is InChI=1S/C25H42N2O3.C23H38N2O3.C19H30N2O3.C19H29NO4.C17H25NO4/c1-23(2,3)16-26(10)21(28)19-12-18(15-30-25(7,8)9)13-20(14-19)22(29)27(11)17-24(4,5)6;1-21(2,3)14-24-19(26)17-10-16(13-28-23(7,8)9)11-18(12-17)20(27)25-15-22(4,5)6;1-18(2,3)12-21(7)17(23)15-9-13(11-24-19(4,5)6)8-14(10-15)16(20)22;1-18(2,3)12-20(7)16(21)14-8-13(11-24-19(4,5)6)9-15(10-14)17(22)23;1-6-18(7-2)15(19)13-8-12(11-22-17(3,4)5)9-14(10-13)16(20)21/h12-14H,15-17H2,1-11H3;10-12H,13-15H2,1-9H3,(H,24,26)(H,25,27);8-10H,11-12H2,1-7H3,(H2,20,22);8-10H,11-12H2,1-7H3,(H,22,23);8-10H,6-7,11H2,1-5H3,(H,20,21). The average molecular weight is 1790 g/mol. The van der Waals surface area contributed by atoms with Gasteiger partial charge in [-0.1, -0.05) is 125 Å². The molecule has 25 heteroatoms. The highest BCUT2D eigenvalue weighted by atomic mass is 16.5. The molecule has 5 aromatic rings. The Bertz CT molecular complexity index is 4310. The minimum Gasteiger partial charge on any atom is -0.478 e. The molecule has 8 amide bonds. The lowest BCUT2D eigenvalue weighted by atomic mass is 9.95. The maximum Gasteiger partial charge on any atom is 0.335 e. The van der Waals surface area contributed by atoms with E-state index in [1.54, 1.807) is 119 Å². The summed E-state index contributed by atoms with van der Waals surface area (Å²) < 4.78 is 28.9. The fourth-order valence-electron chi connectivity index (χ4n) is 12.2. The molecule has 0 radical (unpaired) electrons. The second-order valence-corrected chi connectivity index (χ2v) is 45.4. The third kappa shape index (κ3) is 50.0.